The molecule has 5 N–H and O–H groups in total. The first-order chi connectivity index (χ1) is 9.29. The van der Waals surface area contributed by atoms with Crippen LogP contribution in [0.4, 0.5) is 11.4 Å². The molecular weight excluding hydrogens is 284 g/mol. The van der Waals surface area contributed by atoms with Crippen LogP contribution in [0.2, 0.25) is 0 Å². The number of aromatic amines is 2. The zero-order valence-electron chi connectivity index (χ0n) is 10.4. The molecule has 9 heteroatoms. The zero-order valence-corrected chi connectivity index (χ0v) is 11.2. The van der Waals surface area contributed by atoms with Crippen LogP contribution in [0, 0.1) is 6.92 Å². The van der Waals surface area contributed by atoms with Crippen molar-refractivity contribution >= 4 is 21.4 Å². The van der Waals surface area contributed by atoms with Gasteiger partial charge in [-0.3, -0.25) is 14.5 Å². The summed E-state index contributed by atoms with van der Waals surface area (Å²) in [6, 6.07) is 4.71. The minimum atomic E-state index is -4.12. The fraction of sp³-hybridized carbons (Fsp3) is 0.0909. The lowest BCUT2D eigenvalue weighted by atomic mass is 10.2. The van der Waals surface area contributed by atoms with E-state index in [9.17, 15) is 18.0 Å². The fourth-order valence-electron chi connectivity index (χ4n) is 1.55. The van der Waals surface area contributed by atoms with E-state index in [1.165, 1.54) is 6.07 Å². The summed E-state index contributed by atoms with van der Waals surface area (Å²) in [5, 5.41) is 0. The van der Waals surface area contributed by atoms with Gasteiger partial charge in [-0.1, -0.05) is 6.07 Å². The van der Waals surface area contributed by atoms with Crippen LogP contribution >= 0.6 is 0 Å². The third-order valence-electron chi connectivity index (χ3n) is 2.58. The monoisotopic (exact) mass is 296 g/mol. The van der Waals surface area contributed by atoms with Crippen LogP contribution in [-0.2, 0) is 10.0 Å². The van der Waals surface area contributed by atoms with Gasteiger partial charge in [-0.05, 0) is 24.6 Å². The van der Waals surface area contributed by atoms with Gasteiger partial charge in [-0.2, -0.15) is 0 Å². The summed E-state index contributed by atoms with van der Waals surface area (Å²) in [7, 11) is -4.12. The predicted octanol–water partition coefficient (Wildman–Crippen LogP) is -0.245. The highest BCUT2D eigenvalue weighted by Gasteiger charge is 2.19. The van der Waals surface area contributed by atoms with Crippen LogP contribution < -0.4 is 21.7 Å². The quantitative estimate of drug-likeness (QED) is 0.579. The average Bonchev–Trinajstić information content (AvgIpc) is 2.33. The van der Waals surface area contributed by atoms with Crippen molar-refractivity contribution in [3.63, 3.8) is 0 Å². The van der Waals surface area contributed by atoms with E-state index in [-0.39, 0.29) is 5.69 Å². The number of aromatic nitrogens is 2. The van der Waals surface area contributed by atoms with E-state index < -0.39 is 26.2 Å². The second-order valence-corrected chi connectivity index (χ2v) is 5.77. The van der Waals surface area contributed by atoms with Gasteiger partial charge in [0.05, 0.1) is 5.69 Å². The molecule has 0 aliphatic heterocycles. The molecule has 0 saturated heterocycles. The molecule has 20 heavy (non-hydrogen) atoms. The lowest BCUT2D eigenvalue weighted by molar-refractivity contribution is 0.599. The number of rotatable bonds is 3. The largest absolute Gasteiger partial charge is 0.399 e. The van der Waals surface area contributed by atoms with E-state index in [2.05, 4.69) is 9.71 Å². The van der Waals surface area contributed by atoms with Gasteiger partial charge in [0.25, 0.3) is 15.6 Å². The second kappa shape index (κ2) is 4.85. The smallest absolute Gasteiger partial charge is 0.325 e. The number of hydrogen-bond acceptors (Lipinski definition) is 5. The van der Waals surface area contributed by atoms with Gasteiger partial charge < -0.3 is 10.7 Å². The molecule has 0 fully saturated rings. The average molecular weight is 296 g/mol. The Morgan fingerprint density at radius 2 is 1.95 bits per heavy atom. The Kier molecular flexibility index (Phi) is 3.36. The molecule has 2 aromatic rings. The van der Waals surface area contributed by atoms with Crippen LogP contribution in [0.5, 0.6) is 0 Å². The van der Waals surface area contributed by atoms with Crippen molar-refractivity contribution < 1.29 is 8.42 Å². The number of nitrogens with one attached hydrogen (secondary N) is 3. The van der Waals surface area contributed by atoms with Gasteiger partial charge in [0.2, 0.25) is 0 Å². The zero-order chi connectivity index (χ0) is 14.9. The topological polar surface area (TPSA) is 138 Å². The summed E-state index contributed by atoms with van der Waals surface area (Å²) in [5.74, 6) is 0. The summed E-state index contributed by atoms with van der Waals surface area (Å²) in [4.78, 5) is 25.8. The second-order valence-electron chi connectivity index (χ2n) is 4.12. The van der Waals surface area contributed by atoms with Gasteiger partial charge >= 0.3 is 5.69 Å². The highest BCUT2D eigenvalue weighted by atomic mass is 32.2. The predicted molar refractivity (Wildman–Crippen MR) is 74.1 cm³/mol. The first kappa shape index (κ1) is 13.9. The van der Waals surface area contributed by atoms with Crippen molar-refractivity contribution in [2.75, 3.05) is 10.5 Å². The van der Waals surface area contributed by atoms with Gasteiger partial charge in [0, 0.05) is 11.9 Å². The van der Waals surface area contributed by atoms with Crippen molar-refractivity contribution in [3.05, 3.63) is 50.8 Å². The molecule has 0 unspecified atom stereocenters. The Morgan fingerprint density at radius 3 is 2.60 bits per heavy atom. The van der Waals surface area contributed by atoms with Crippen LogP contribution in [0.25, 0.3) is 0 Å². The van der Waals surface area contributed by atoms with Crippen LogP contribution in [0.1, 0.15) is 5.56 Å². The summed E-state index contributed by atoms with van der Waals surface area (Å²) in [5.41, 5.74) is 5.08. The Hall–Kier alpha value is -2.55. The number of nitrogens with two attached hydrogens (primary N) is 1. The molecule has 8 nitrogen and oxygen atoms in total. The minimum Gasteiger partial charge on any atom is -0.399 e. The molecule has 0 aliphatic carbocycles. The van der Waals surface area contributed by atoms with E-state index in [1.807, 2.05) is 4.98 Å². The summed E-state index contributed by atoms with van der Waals surface area (Å²) < 4.78 is 26.5. The summed E-state index contributed by atoms with van der Waals surface area (Å²) in [6.07, 6.45) is 0.838. The number of aryl methyl sites for hydroxylation is 1. The van der Waals surface area contributed by atoms with Gasteiger partial charge in [-0.25, -0.2) is 13.2 Å². The normalized spacial score (nSPS) is 11.2. The maximum atomic E-state index is 12.1. The number of benzene rings is 1. The van der Waals surface area contributed by atoms with E-state index in [0.29, 0.717) is 11.3 Å². The molecule has 0 atom stereocenters. The maximum Gasteiger partial charge on any atom is 0.325 e. The molecule has 0 radical (unpaired) electrons. The van der Waals surface area contributed by atoms with Gasteiger partial charge in [0.1, 0.15) is 0 Å². The van der Waals surface area contributed by atoms with E-state index in [0.717, 1.165) is 6.20 Å². The summed E-state index contributed by atoms with van der Waals surface area (Å²) in [6.45, 7) is 1.69. The third-order valence-corrected chi connectivity index (χ3v) is 3.95. The number of H-pyrrole nitrogens is 2. The molecule has 106 valence electrons. The molecule has 1 heterocycles. The van der Waals surface area contributed by atoms with Crippen LogP contribution in [0.3, 0.4) is 0 Å². The SMILES string of the molecule is Cc1ccc(N)cc1NS(=O)(=O)c1c[nH]c(=O)[nH]c1=O. The van der Waals surface area contributed by atoms with E-state index in [4.69, 9.17) is 5.73 Å². The maximum absolute atomic E-state index is 12.1. The molecule has 1 aromatic heterocycles. The first-order valence-corrected chi connectivity index (χ1v) is 6.99. The number of anilines is 2. The van der Waals surface area contributed by atoms with E-state index >= 15 is 0 Å². The highest BCUT2D eigenvalue weighted by molar-refractivity contribution is 7.92. The molecule has 0 amide bonds. The van der Waals surface area contributed by atoms with Crippen molar-refractivity contribution in [1.82, 2.24) is 9.97 Å². The van der Waals surface area contributed by atoms with Gasteiger partial charge in [-0.15, -0.1) is 0 Å². The Morgan fingerprint density at radius 1 is 1.25 bits per heavy atom. The van der Waals surface area contributed by atoms with Crippen molar-refractivity contribution in [3.8, 4) is 0 Å². The first-order valence-electron chi connectivity index (χ1n) is 5.50. The number of hydrogen-bond donors (Lipinski definition) is 4. The molecule has 2 rings (SSSR count). The highest BCUT2D eigenvalue weighted by Crippen LogP contribution is 2.20. The van der Waals surface area contributed by atoms with Crippen molar-refractivity contribution in [2.45, 2.75) is 11.8 Å². The Labute approximate surface area is 113 Å². The molecule has 0 saturated carbocycles. The van der Waals surface area contributed by atoms with Crippen LogP contribution in [-0.4, -0.2) is 18.4 Å². The molecule has 0 aliphatic rings. The van der Waals surface area contributed by atoms with Crippen molar-refractivity contribution in [2.24, 2.45) is 0 Å². The van der Waals surface area contributed by atoms with Crippen LogP contribution in [0.15, 0.2) is 38.9 Å². The third kappa shape index (κ3) is 2.72. The lowest BCUT2D eigenvalue weighted by Crippen LogP contribution is -2.29. The minimum absolute atomic E-state index is 0.260. The molecule has 1 aromatic carbocycles. The fourth-order valence-corrected chi connectivity index (χ4v) is 2.67. The molecule has 0 spiro atoms. The number of nitrogen functional groups attached to an aromatic ring is 1. The van der Waals surface area contributed by atoms with Crippen molar-refractivity contribution in [1.29, 1.82) is 0 Å². The Bertz CT molecular complexity index is 866. The Balaban J connectivity index is 2.49. The van der Waals surface area contributed by atoms with Gasteiger partial charge in [0.15, 0.2) is 4.90 Å². The molecular formula is C11H12N4O4S. The standard InChI is InChI=1S/C11H12N4O4S/c1-6-2-3-7(12)4-8(6)15-20(18,19)9-5-13-11(17)14-10(9)16/h2-5,15H,12H2,1H3,(H2,13,14,16,17). The summed E-state index contributed by atoms with van der Waals surface area (Å²) >= 11 is 0. The molecule has 0 bridgehead atoms. The van der Waals surface area contributed by atoms with E-state index in [1.54, 1.807) is 19.1 Å². The lowest BCUT2D eigenvalue weighted by Gasteiger charge is -2.10. The number of sulfonamides is 1.